The van der Waals surface area contributed by atoms with E-state index in [1.165, 1.54) is 9.20 Å². The predicted molar refractivity (Wildman–Crippen MR) is 78.7 cm³/mol. The minimum absolute atomic E-state index is 0.0592. The highest BCUT2D eigenvalue weighted by molar-refractivity contribution is 5.94. The molecule has 22 heavy (non-hydrogen) atoms. The van der Waals surface area contributed by atoms with Gasteiger partial charge in [-0.25, -0.2) is 13.9 Å². The fourth-order valence-electron chi connectivity index (χ4n) is 2.23. The van der Waals surface area contributed by atoms with Crippen molar-refractivity contribution in [3.63, 3.8) is 0 Å². The second kappa shape index (κ2) is 6.21. The molecule has 0 aliphatic heterocycles. The van der Waals surface area contributed by atoms with Gasteiger partial charge in [-0.3, -0.25) is 9.31 Å². The summed E-state index contributed by atoms with van der Waals surface area (Å²) in [6.45, 7) is 5.95. The number of aromatic nitrogens is 2. The van der Waals surface area contributed by atoms with Crippen LogP contribution in [0.25, 0.3) is 5.52 Å². The van der Waals surface area contributed by atoms with Gasteiger partial charge in [0.1, 0.15) is 11.3 Å². The Morgan fingerprint density at radius 2 is 2.14 bits per heavy atom. The van der Waals surface area contributed by atoms with Crippen LogP contribution in [0.2, 0.25) is 0 Å². The fraction of sp³-hybridized carbons (Fsp3) is 0.467. The number of halogens is 1. The van der Waals surface area contributed by atoms with Crippen LogP contribution in [-0.2, 0) is 11.3 Å². The maximum absolute atomic E-state index is 13.5. The average molecular weight is 310 g/mol. The van der Waals surface area contributed by atoms with E-state index in [-0.39, 0.29) is 12.1 Å². The van der Waals surface area contributed by atoms with Gasteiger partial charge in [0, 0.05) is 12.6 Å². The first kappa shape index (κ1) is 16.1. The Hall–Kier alpha value is -2.31. The van der Waals surface area contributed by atoms with Crippen LogP contribution in [0, 0.1) is 11.7 Å². The second-order valence-corrected chi connectivity index (χ2v) is 5.44. The van der Waals surface area contributed by atoms with Crippen molar-refractivity contribution < 1.29 is 19.0 Å². The molecule has 0 spiro atoms. The lowest BCUT2D eigenvalue weighted by molar-refractivity contribution is 0.0519. The third-order valence-corrected chi connectivity index (χ3v) is 3.35. The predicted octanol–water partition coefficient (Wildman–Crippen LogP) is 2.17. The molecule has 120 valence electrons. The van der Waals surface area contributed by atoms with Gasteiger partial charge in [0.25, 0.3) is 5.56 Å². The van der Waals surface area contributed by atoms with Crippen LogP contribution in [-0.4, -0.2) is 26.9 Å². The van der Waals surface area contributed by atoms with Gasteiger partial charge in [-0.2, -0.15) is 0 Å². The van der Waals surface area contributed by atoms with Crippen molar-refractivity contribution in [1.82, 2.24) is 9.20 Å². The van der Waals surface area contributed by atoms with Gasteiger partial charge in [0.15, 0.2) is 11.3 Å². The molecule has 2 aromatic heterocycles. The van der Waals surface area contributed by atoms with Crippen LogP contribution in [0.15, 0.2) is 17.1 Å². The van der Waals surface area contributed by atoms with E-state index < -0.39 is 28.7 Å². The summed E-state index contributed by atoms with van der Waals surface area (Å²) < 4.78 is 20.8. The molecule has 0 bridgehead atoms. The zero-order valence-corrected chi connectivity index (χ0v) is 12.8. The molecule has 2 heterocycles. The van der Waals surface area contributed by atoms with E-state index in [4.69, 9.17) is 4.74 Å². The molecule has 2 rings (SSSR count). The highest BCUT2D eigenvalue weighted by Crippen LogP contribution is 2.23. The summed E-state index contributed by atoms with van der Waals surface area (Å²) in [6, 6.07) is 1.07. The molecule has 0 atom stereocenters. The van der Waals surface area contributed by atoms with Crippen LogP contribution >= 0.6 is 0 Å². The minimum atomic E-state index is -0.910. The topological polar surface area (TPSA) is 72.9 Å². The minimum Gasteiger partial charge on any atom is -0.505 e. The van der Waals surface area contributed by atoms with Crippen molar-refractivity contribution in [2.24, 2.45) is 5.92 Å². The van der Waals surface area contributed by atoms with Gasteiger partial charge >= 0.3 is 5.97 Å². The first-order valence-corrected chi connectivity index (χ1v) is 7.17. The number of aromatic hydroxyl groups is 1. The van der Waals surface area contributed by atoms with Gasteiger partial charge in [-0.05, 0) is 19.3 Å². The van der Waals surface area contributed by atoms with Crippen molar-refractivity contribution in [3.8, 4) is 5.75 Å². The molecule has 0 aliphatic rings. The molecule has 0 aromatic carbocycles. The molecule has 0 aliphatic carbocycles. The molecular weight excluding hydrogens is 291 g/mol. The van der Waals surface area contributed by atoms with E-state index in [9.17, 15) is 19.1 Å². The summed E-state index contributed by atoms with van der Waals surface area (Å²) in [6.07, 6.45) is 1.77. The first-order valence-electron chi connectivity index (χ1n) is 7.17. The van der Waals surface area contributed by atoms with Crippen LogP contribution in [0.3, 0.4) is 0 Å². The Labute approximate surface area is 126 Å². The Bertz CT molecular complexity index is 761. The summed E-state index contributed by atoms with van der Waals surface area (Å²) >= 11 is 0. The fourth-order valence-corrected chi connectivity index (χ4v) is 2.23. The average Bonchev–Trinajstić information content (AvgIpc) is 2.80. The van der Waals surface area contributed by atoms with Gasteiger partial charge in [0.05, 0.1) is 12.8 Å². The molecule has 1 N–H and O–H groups in total. The Morgan fingerprint density at radius 3 is 2.73 bits per heavy atom. The van der Waals surface area contributed by atoms with E-state index in [1.807, 2.05) is 13.8 Å². The number of ether oxygens (including phenoxy) is 1. The van der Waals surface area contributed by atoms with E-state index in [1.54, 1.807) is 6.92 Å². The number of esters is 1. The number of carbonyl (C=O) groups excluding carboxylic acids is 1. The highest BCUT2D eigenvalue weighted by Gasteiger charge is 2.24. The van der Waals surface area contributed by atoms with Crippen LogP contribution < -0.4 is 5.56 Å². The third kappa shape index (κ3) is 2.84. The zero-order valence-electron chi connectivity index (χ0n) is 12.8. The molecular formula is C15H19FN2O4. The smallest absolute Gasteiger partial charge is 0.347 e. The number of aryl methyl sites for hydroxylation is 1. The lowest BCUT2D eigenvalue weighted by Gasteiger charge is -2.14. The van der Waals surface area contributed by atoms with Crippen LogP contribution in [0.1, 0.15) is 37.6 Å². The Kier molecular flexibility index (Phi) is 4.54. The van der Waals surface area contributed by atoms with Crippen molar-refractivity contribution >= 4 is 11.5 Å². The summed E-state index contributed by atoms with van der Waals surface area (Å²) in [5, 5.41) is 10.1. The lowest BCUT2D eigenvalue weighted by Crippen LogP contribution is -2.32. The number of rotatable bonds is 5. The maximum Gasteiger partial charge on any atom is 0.347 e. The molecule has 7 heteroatoms. The number of hydrogen-bond donors (Lipinski definition) is 1. The number of nitrogens with zero attached hydrogens (tertiary/aromatic N) is 2. The molecule has 0 saturated heterocycles. The standard InChI is InChI=1S/C15H19FN2O4/c1-4-22-15(21)12-13(19)11-7-10(16)8-18(11)17(14(12)20)6-5-9(2)3/h7-9,19H,4-6H2,1-3H3. The van der Waals surface area contributed by atoms with Crippen molar-refractivity contribution in [1.29, 1.82) is 0 Å². The summed E-state index contributed by atoms with van der Waals surface area (Å²) in [7, 11) is 0. The molecule has 2 aromatic rings. The second-order valence-electron chi connectivity index (χ2n) is 5.44. The number of carbonyl (C=O) groups is 1. The number of hydrogen-bond acceptors (Lipinski definition) is 4. The van der Waals surface area contributed by atoms with E-state index >= 15 is 0 Å². The zero-order chi connectivity index (χ0) is 16.4. The summed E-state index contributed by atoms with van der Waals surface area (Å²) in [4.78, 5) is 24.4. The van der Waals surface area contributed by atoms with Crippen molar-refractivity contribution in [2.75, 3.05) is 6.61 Å². The van der Waals surface area contributed by atoms with E-state index in [0.717, 1.165) is 12.3 Å². The maximum atomic E-state index is 13.5. The molecule has 0 amide bonds. The molecule has 0 unspecified atom stereocenters. The van der Waals surface area contributed by atoms with Gasteiger partial charge in [0.2, 0.25) is 0 Å². The molecule has 0 fully saturated rings. The summed E-state index contributed by atoms with van der Waals surface area (Å²) in [5.74, 6) is -1.75. The van der Waals surface area contributed by atoms with Crippen LogP contribution in [0.5, 0.6) is 5.75 Å². The van der Waals surface area contributed by atoms with Crippen molar-refractivity contribution in [2.45, 2.75) is 33.7 Å². The summed E-state index contributed by atoms with van der Waals surface area (Å²) in [5.41, 5.74) is -1.10. The monoisotopic (exact) mass is 310 g/mol. The molecule has 6 nitrogen and oxygen atoms in total. The first-order chi connectivity index (χ1) is 10.4. The molecule has 0 radical (unpaired) electrons. The van der Waals surface area contributed by atoms with Crippen molar-refractivity contribution in [3.05, 3.63) is 34.0 Å². The molecule has 0 saturated carbocycles. The number of fused-ring (bicyclic) bond motifs is 1. The van der Waals surface area contributed by atoms with Gasteiger partial charge < -0.3 is 9.84 Å². The SMILES string of the molecule is CCOC(=O)c1c(O)c2cc(F)cn2n(CCC(C)C)c1=O. The third-order valence-electron chi connectivity index (χ3n) is 3.35. The largest absolute Gasteiger partial charge is 0.505 e. The normalized spacial score (nSPS) is 11.3. The van der Waals surface area contributed by atoms with Gasteiger partial charge in [-0.1, -0.05) is 13.8 Å². The Balaban J connectivity index is 2.70. The van der Waals surface area contributed by atoms with Crippen LogP contribution in [0.4, 0.5) is 4.39 Å². The Morgan fingerprint density at radius 1 is 1.45 bits per heavy atom. The lowest BCUT2D eigenvalue weighted by atomic mass is 10.1. The quantitative estimate of drug-likeness (QED) is 0.859. The van der Waals surface area contributed by atoms with E-state index in [2.05, 4.69) is 0 Å². The highest BCUT2D eigenvalue weighted by atomic mass is 19.1. The van der Waals surface area contributed by atoms with E-state index in [0.29, 0.717) is 18.9 Å². The van der Waals surface area contributed by atoms with Gasteiger partial charge in [-0.15, -0.1) is 0 Å².